The minimum Gasteiger partial charge on any atom is -0.492 e. The Hall–Kier alpha value is -1.78. The van der Waals surface area contributed by atoms with Crippen molar-refractivity contribution < 1.29 is 9.13 Å². The van der Waals surface area contributed by atoms with Crippen LogP contribution in [0.15, 0.2) is 24.3 Å². The van der Waals surface area contributed by atoms with Gasteiger partial charge in [0.1, 0.15) is 18.2 Å². The van der Waals surface area contributed by atoms with E-state index in [1.54, 1.807) is 12.1 Å². The summed E-state index contributed by atoms with van der Waals surface area (Å²) in [5.41, 5.74) is 5.06. The van der Waals surface area contributed by atoms with Gasteiger partial charge < -0.3 is 15.8 Å². The molecule has 0 saturated carbocycles. The third kappa shape index (κ3) is 3.75. The van der Waals surface area contributed by atoms with Crippen molar-refractivity contribution in [3.63, 3.8) is 0 Å². The Morgan fingerprint density at radius 2 is 2.07 bits per heavy atom. The third-order valence-corrected chi connectivity index (χ3v) is 1.50. The first-order valence-corrected chi connectivity index (χ1v) is 4.15. The van der Waals surface area contributed by atoms with Gasteiger partial charge in [0.25, 0.3) is 0 Å². The van der Waals surface area contributed by atoms with Gasteiger partial charge in [-0.15, -0.1) is 0 Å². The van der Waals surface area contributed by atoms with Crippen molar-refractivity contribution in [1.82, 2.24) is 5.32 Å². The first-order valence-electron chi connectivity index (χ1n) is 4.15. The fraction of sp³-hybridized carbons (Fsp3) is 0.222. The normalized spacial score (nSPS) is 9.50. The van der Waals surface area contributed by atoms with Crippen LogP contribution in [0.1, 0.15) is 0 Å². The summed E-state index contributed by atoms with van der Waals surface area (Å²) in [7, 11) is 0. The Morgan fingerprint density at radius 3 is 2.64 bits per heavy atom. The van der Waals surface area contributed by atoms with Crippen molar-refractivity contribution in [2.24, 2.45) is 5.73 Å². The first-order chi connectivity index (χ1) is 6.68. The van der Waals surface area contributed by atoms with Gasteiger partial charge in [0, 0.05) is 0 Å². The summed E-state index contributed by atoms with van der Waals surface area (Å²) in [6.07, 6.45) is 0. The molecule has 76 valence electrons. The topological polar surface area (TPSA) is 71.1 Å². The summed E-state index contributed by atoms with van der Waals surface area (Å²) in [5, 5.41) is 9.46. The van der Waals surface area contributed by atoms with E-state index in [-0.39, 0.29) is 11.8 Å². The van der Waals surface area contributed by atoms with Gasteiger partial charge in [0.15, 0.2) is 5.96 Å². The predicted octanol–water partition coefficient (Wildman–Crippen LogP) is 0.688. The van der Waals surface area contributed by atoms with Crippen LogP contribution in [0.25, 0.3) is 0 Å². The highest BCUT2D eigenvalue weighted by molar-refractivity contribution is 5.74. The molecule has 0 spiro atoms. The Kier molecular flexibility index (Phi) is 3.72. The second-order valence-electron chi connectivity index (χ2n) is 2.64. The highest BCUT2D eigenvalue weighted by Crippen LogP contribution is 2.10. The van der Waals surface area contributed by atoms with Gasteiger partial charge >= 0.3 is 0 Å². The number of hydrogen-bond acceptors (Lipinski definition) is 2. The molecule has 0 aliphatic rings. The molecule has 0 heterocycles. The zero-order valence-electron chi connectivity index (χ0n) is 7.59. The third-order valence-electron chi connectivity index (χ3n) is 1.50. The average Bonchev–Trinajstić information content (AvgIpc) is 2.15. The Morgan fingerprint density at radius 1 is 1.43 bits per heavy atom. The van der Waals surface area contributed by atoms with Crippen molar-refractivity contribution >= 4 is 5.96 Å². The predicted molar refractivity (Wildman–Crippen MR) is 51.8 cm³/mol. The van der Waals surface area contributed by atoms with E-state index in [4.69, 9.17) is 15.9 Å². The first kappa shape index (κ1) is 10.3. The van der Waals surface area contributed by atoms with Gasteiger partial charge in [-0.25, -0.2) is 4.39 Å². The molecule has 0 amide bonds. The molecule has 5 heteroatoms. The number of ether oxygens (including phenoxy) is 1. The van der Waals surface area contributed by atoms with E-state index in [0.29, 0.717) is 18.9 Å². The highest BCUT2D eigenvalue weighted by Gasteiger charge is 1.94. The Bertz CT molecular complexity index is 299. The molecule has 0 unspecified atom stereocenters. The molecule has 0 atom stereocenters. The SMILES string of the molecule is N=C(N)NCCOc1ccc(F)cc1. The van der Waals surface area contributed by atoms with Crippen LogP contribution in [0.3, 0.4) is 0 Å². The summed E-state index contributed by atoms with van der Waals surface area (Å²) in [6, 6.07) is 5.74. The molecule has 0 bridgehead atoms. The molecule has 0 aromatic heterocycles. The number of benzene rings is 1. The van der Waals surface area contributed by atoms with Crippen LogP contribution in [0.4, 0.5) is 4.39 Å². The van der Waals surface area contributed by atoms with Crippen LogP contribution in [0, 0.1) is 11.2 Å². The van der Waals surface area contributed by atoms with Gasteiger partial charge in [0.05, 0.1) is 6.54 Å². The summed E-state index contributed by atoms with van der Waals surface area (Å²) in [4.78, 5) is 0. The molecule has 14 heavy (non-hydrogen) atoms. The molecule has 0 fully saturated rings. The Labute approximate surface area is 81.4 Å². The summed E-state index contributed by atoms with van der Waals surface area (Å²) in [6.45, 7) is 0.831. The molecule has 0 aliphatic heterocycles. The zero-order chi connectivity index (χ0) is 10.4. The molecule has 0 aliphatic carbocycles. The van der Waals surface area contributed by atoms with Crippen molar-refractivity contribution in [1.29, 1.82) is 5.41 Å². The molecule has 0 saturated heterocycles. The molecule has 1 rings (SSSR count). The van der Waals surface area contributed by atoms with E-state index in [2.05, 4.69) is 5.32 Å². The summed E-state index contributed by atoms with van der Waals surface area (Å²) in [5.74, 6) is 0.212. The molecule has 0 radical (unpaired) electrons. The second-order valence-corrected chi connectivity index (χ2v) is 2.64. The zero-order valence-corrected chi connectivity index (χ0v) is 7.59. The van der Waals surface area contributed by atoms with E-state index in [0.717, 1.165) is 0 Å². The van der Waals surface area contributed by atoms with Gasteiger partial charge in [-0.3, -0.25) is 5.41 Å². The van der Waals surface area contributed by atoms with E-state index >= 15 is 0 Å². The van der Waals surface area contributed by atoms with Crippen molar-refractivity contribution in [3.05, 3.63) is 30.1 Å². The lowest BCUT2D eigenvalue weighted by Gasteiger charge is -2.06. The van der Waals surface area contributed by atoms with Crippen molar-refractivity contribution in [2.45, 2.75) is 0 Å². The van der Waals surface area contributed by atoms with Crippen LogP contribution in [0.2, 0.25) is 0 Å². The summed E-state index contributed by atoms with van der Waals surface area (Å²) < 4.78 is 17.7. The van der Waals surface area contributed by atoms with Crippen molar-refractivity contribution in [2.75, 3.05) is 13.2 Å². The van der Waals surface area contributed by atoms with E-state index in [9.17, 15) is 4.39 Å². The lowest BCUT2D eigenvalue weighted by molar-refractivity contribution is 0.321. The fourth-order valence-corrected chi connectivity index (χ4v) is 0.885. The molecular weight excluding hydrogens is 185 g/mol. The minimum absolute atomic E-state index is 0.0901. The molecule has 4 N–H and O–H groups in total. The molecule has 1 aromatic rings. The quantitative estimate of drug-likeness (QED) is 0.378. The number of rotatable bonds is 4. The smallest absolute Gasteiger partial charge is 0.185 e. The van der Waals surface area contributed by atoms with E-state index < -0.39 is 0 Å². The Balaban J connectivity index is 2.25. The van der Waals surface area contributed by atoms with Crippen molar-refractivity contribution in [3.8, 4) is 5.75 Å². The van der Waals surface area contributed by atoms with E-state index in [1.165, 1.54) is 12.1 Å². The molecule has 1 aromatic carbocycles. The lowest BCUT2D eigenvalue weighted by atomic mass is 10.3. The maximum Gasteiger partial charge on any atom is 0.185 e. The van der Waals surface area contributed by atoms with Crippen LogP contribution < -0.4 is 15.8 Å². The number of guanidine groups is 1. The monoisotopic (exact) mass is 197 g/mol. The maximum atomic E-state index is 12.5. The number of nitrogens with two attached hydrogens (primary N) is 1. The van der Waals surface area contributed by atoms with Gasteiger partial charge in [-0.2, -0.15) is 0 Å². The summed E-state index contributed by atoms with van der Waals surface area (Å²) >= 11 is 0. The second kappa shape index (κ2) is 5.06. The lowest BCUT2D eigenvalue weighted by Crippen LogP contribution is -2.33. The minimum atomic E-state index is -0.292. The number of halogens is 1. The highest BCUT2D eigenvalue weighted by atomic mass is 19.1. The number of nitrogens with one attached hydrogen (secondary N) is 2. The van der Waals surface area contributed by atoms with Gasteiger partial charge in [-0.1, -0.05) is 0 Å². The fourth-order valence-electron chi connectivity index (χ4n) is 0.885. The van der Waals surface area contributed by atoms with Crippen LogP contribution in [-0.2, 0) is 0 Å². The van der Waals surface area contributed by atoms with E-state index in [1.807, 2.05) is 0 Å². The molecular formula is C9H12FN3O. The standard InChI is InChI=1S/C9H12FN3O/c10-7-1-3-8(4-2-7)14-6-5-13-9(11)12/h1-4H,5-6H2,(H4,11,12,13). The average molecular weight is 197 g/mol. The van der Waals surface area contributed by atoms with Crippen LogP contribution >= 0.6 is 0 Å². The maximum absolute atomic E-state index is 12.5. The van der Waals surface area contributed by atoms with Crippen LogP contribution in [-0.4, -0.2) is 19.1 Å². The molecule has 4 nitrogen and oxygen atoms in total. The number of hydrogen-bond donors (Lipinski definition) is 3. The van der Waals surface area contributed by atoms with Crippen LogP contribution in [0.5, 0.6) is 5.75 Å². The largest absolute Gasteiger partial charge is 0.492 e. The van der Waals surface area contributed by atoms with Gasteiger partial charge in [0.2, 0.25) is 0 Å². The van der Waals surface area contributed by atoms with Gasteiger partial charge in [-0.05, 0) is 24.3 Å².